The first kappa shape index (κ1) is 15.9. The molecule has 0 unspecified atom stereocenters. The van der Waals surface area contributed by atoms with Gasteiger partial charge in [-0.2, -0.15) is 0 Å². The smallest absolute Gasteiger partial charge is 0.0929 e. The van der Waals surface area contributed by atoms with Gasteiger partial charge in [-0.1, -0.05) is 24.6 Å². The first-order valence-electron chi connectivity index (χ1n) is 6.64. The van der Waals surface area contributed by atoms with Crippen molar-refractivity contribution in [2.45, 2.75) is 46.1 Å². The fourth-order valence-corrected chi connectivity index (χ4v) is 2.40. The highest BCUT2D eigenvalue weighted by molar-refractivity contribution is 7.09. The predicted octanol–water partition coefficient (Wildman–Crippen LogP) is 4.38. The molecule has 104 valence electrons. The van der Waals surface area contributed by atoms with Crippen LogP contribution in [-0.2, 0) is 6.42 Å². The highest BCUT2D eigenvalue weighted by Gasteiger charge is 2.06. The maximum Gasteiger partial charge on any atom is 0.0929 e. The minimum absolute atomic E-state index is 0.438. The lowest BCUT2D eigenvalue weighted by Gasteiger charge is -2.09. The Kier molecular flexibility index (Phi) is 6.74. The van der Waals surface area contributed by atoms with Gasteiger partial charge in [0.1, 0.15) is 0 Å². The van der Waals surface area contributed by atoms with Crippen molar-refractivity contribution < 1.29 is 5.11 Å². The van der Waals surface area contributed by atoms with Crippen LogP contribution in [0.15, 0.2) is 35.3 Å². The highest BCUT2D eigenvalue weighted by atomic mass is 32.1. The monoisotopic (exact) mass is 277 g/mol. The van der Waals surface area contributed by atoms with Crippen LogP contribution in [0.4, 0.5) is 0 Å². The average Bonchev–Trinajstić information content (AvgIpc) is 2.83. The third-order valence-corrected chi connectivity index (χ3v) is 3.94. The van der Waals surface area contributed by atoms with E-state index >= 15 is 0 Å². The molecule has 0 saturated heterocycles. The SMILES string of the molecule is C=CC/C(C)=C\C[C@H](O)/C(C)=C/c1csc(CC)n1. The van der Waals surface area contributed by atoms with E-state index < -0.39 is 6.10 Å². The van der Waals surface area contributed by atoms with Gasteiger partial charge < -0.3 is 5.11 Å². The summed E-state index contributed by atoms with van der Waals surface area (Å²) >= 11 is 1.67. The van der Waals surface area contributed by atoms with E-state index in [0.717, 1.165) is 29.1 Å². The molecule has 19 heavy (non-hydrogen) atoms. The van der Waals surface area contributed by atoms with Gasteiger partial charge in [-0.15, -0.1) is 17.9 Å². The zero-order chi connectivity index (χ0) is 14.3. The second-order valence-corrected chi connectivity index (χ2v) is 5.65. The lowest BCUT2D eigenvalue weighted by Crippen LogP contribution is -2.06. The number of thiazole rings is 1. The van der Waals surface area contributed by atoms with Crippen LogP contribution in [0, 0.1) is 0 Å². The van der Waals surface area contributed by atoms with E-state index in [1.165, 1.54) is 5.57 Å². The van der Waals surface area contributed by atoms with Crippen LogP contribution in [-0.4, -0.2) is 16.2 Å². The van der Waals surface area contributed by atoms with Gasteiger partial charge in [0.15, 0.2) is 0 Å². The molecule has 1 N–H and O–H groups in total. The molecule has 2 nitrogen and oxygen atoms in total. The summed E-state index contributed by atoms with van der Waals surface area (Å²) < 4.78 is 0. The molecule has 0 spiro atoms. The van der Waals surface area contributed by atoms with E-state index in [-0.39, 0.29) is 0 Å². The quantitative estimate of drug-likeness (QED) is 0.750. The number of hydrogen-bond donors (Lipinski definition) is 1. The molecule has 3 heteroatoms. The Labute approximate surface area is 120 Å². The number of aryl methyl sites for hydroxylation is 1. The number of rotatable bonds is 7. The van der Waals surface area contributed by atoms with E-state index in [9.17, 15) is 5.11 Å². The lowest BCUT2D eigenvalue weighted by molar-refractivity contribution is 0.215. The van der Waals surface area contributed by atoms with Gasteiger partial charge in [-0.3, -0.25) is 0 Å². The third-order valence-electron chi connectivity index (χ3n) is 2.93. The zero-order valence-electron chi connectivity index (χ0n) is 12.0. The molecule has 0 saturated carbocycles. The van der Waals surface area contributed by atoms with Crippen molar-refractivity contribution in [1.82, 2.24) is 4.98 Å². The molecule has 1 aromatic rings. The van der Waals surface area contributed by atoms with Gasteiger partial charge in [-0.05, 0) is 44.8 Å². The van der Waals surface area contributed by atoms with Gasteiger partial charge in [0.2, 0.25) is 0 Å². The van der Waals surface area contributed by atoms with Crippen molar-refractivity contribution in [3.05, 3.63) is 46.0 Å². The van der Waals surface area contributed by atoms with Crippen molar-refractivity contribution in [3.63, 3.8) is 0 Å². The third kappa shape index (κ3) is 5.53. The molecule has 0 fully saturated rings. The first-order chi connectivity index (χ1) is 9.06. The van der Waals surface area contributed by atoms with Crippen LogP contribution in [0.25, 0.3) is 6.08 Å². The van der Waals surface area contributed by atoms with Crippen molar-refractivity contribution in [2.24, 2.45) is 0 Å². The molecule has 0 radical (unpaired) electrons. The zero-order valence-corrected chi connectivity index (χ0v) is 12.8. The molecule has 0 aromatic carbocycles. The largest absolute Gasteiger partial charge is 0.388 e. The lowest BCUT2D eigenvalue weighted by atomic mass is 10.0. The molecular weight excluding hydrogens is 254 g/mol. The summed E-state index contributed by atoms with van der Waals surface area (Å²) in [5, 5.41) is 13.3. The Balaban J connectivity index is 2.63. The van der Waals surface area contributed by atoms with Gasteiger partial charge in [0.05, 0.1) is 16.8 Å². The van der Waals surface area contributed by atoms with E-state index in [4.69, 9.17) is 0 Å². The van der Waals surface area contributed by atoms with Crippen LogP contribution in [0.2, 0.25) is 0 Å². The van der Waals surface area contributed by atoms with E-state index in [0.29, 0.717) is 6.42 Å². The topological polar surface area (TPSA) is 33.1 Å². The second kappa shape index (κ2) is 8.08. The van der Waals surface area contributed by atoms with Crippen LogP contribution in [0.1, 0.15) is 44.3 Å². The Morgan fingerprint density at radius 1 is 1.53 bits per heavy atom. The minimum atomic E-state index is -0.438. The van der Waals surface area contributed by atoms with Crippen molar-refractivity contribution in [1.29, 1.82) is 0 Å². The number of nitrogens with zero attached hydrogens (tertiary/aromatic N) is 1. The first-order valence-corrected chi connectivity index (χ1v) is 7.52. The van der Waals surface area contributed by atoms with Crippen LogP contribution in [0.3, 0.4) is 0 Å². The fraction of sp³-hybridized carbons (Fsp3) is 0.438. The number of aliphatic hydroxyl groups excluding tert-OH is 1. The summed E-state index contributed by atoms with van der Waals surface area (Å²) in [6.07, 6.45) is 7.96. The molecule has 0 aliphatic rings. The fourth-order valence-electron chi connectivity index (χ4n) is 1.69. The molecule has 1 heterocycles. The molecule has 1 atom stereocenters. The van der Waals surface area contributed by atoms with Crippen molar-refractivity contribution in [3.8, 4) is 0 Å². The molecule has 0 aliphatic carbocycles. The molecule has 0 amide bonds. The van der Waals surface area contributed by atoms with Gasteiger partial charge in [-0.25, -0.2) is 4.98 Å². The molecule has 0 bridgehead atoms. The predicted molar refractivity (Wildman–Crippen MR) is 84.3 cm³/mol. The van der Waals surface area contributed by atoms with E-state index in [1.807, 2.05) is 24.5 Å². The molecule has 0 aliphatic heterocycles. The summed E-state index contributed by atoms with van der Waals surface area (Å²) in [6, 6.07) is 0. The number of aliphatic hydroxyl groups is 1. The number of allylic oxidation sites excluding steroid dienone is 2. The van der Waals surface area contributed by atoms with Crippen molar-refractivity contribution in [2.75, 3.05) is 0 Å². The Hall–Kier alpha value is -1.19. The average molecular weight is 277 g/mol. The minimum Gasteiger partial charge on any atom is -0.388 e. The maximum absolute atomic E-state index is 10.1. The molecular formula is C16H23NOS. The van der Waals surface area contributed by atoms with Crippen LogP contribution in [0.5, 0.6) is 0 Å². The highest BCUT2D eigenvalue weighted by Crippen LogP contribution is 2.16. The summed E-state index contributed by atoms with van der Waals surface area (Å²) in [6.45, 7) is 9.81. The maximum atomic E-state index is 10.1. The molecule has 1 rings (SSSR count). The van der Waals surface area contributed by atoms with Gasteiger partial charge in [0.25, 0.3) is 0 Å². The summed E-state index contributed by atoms with van der Waals surface area (Å²) in [4.78, 5) is 4.48. The normalized spacial score (nSPS) is 14.5. The Morgan fingerprint density at radius 2 is 2.26 bits per heavy atom. The Morgan fingerprint density at radius 3 is 2.84 bits per heavy atom. The van der Waals surface area contributed by atoms with Crippen molar-refractivity contribution >= 4 is 17.4 Å². The second-order valence-electron chi connectivity index (χ2n) is 4.70. The van der Waals surface area contributed by atoms with Gasteiger partial charge >= 0.3 is 0 Å². The number of aromatic nitrogens is 1. The van der Waals surface area contributed by atoms with Crippen LogP contribution < -0.4 is 0 Å². The summed E-state index contributed by atoms with van der Waals surface area (Å²) in [5.41, 5.74) is 3.14. The van der Waals surface area contributed by atoms with E-state index in [1.54, 1.807) is 11.3 Å². The van der Waals surface area contributed by atoms with Crippen LogP contribution >= 0.6 is 11.3 Å². The van der Waals surface area contributed by atoms with E-state index in [2.05, 4.69) is 31.5 Å². The summed E-state index contributed by atoms with van der Waals surface area (Å²) in [7, 11) is 0. The Bertz CT molecular complexity index is 471. The summed E-state index contributed by atoms with van der Waals surface area (Å²) in [5.74, 6) is 0. The standard InChI is InChI=1S/C16H23NOS/c1-5-7-12(3)8-9-15(18)13(4)10-14-11-19-16(6-2)17-14/h5,8,10-11,15,18H,1,6-7,9H2,2-4H3/b12-8-,13-10+/t15-/m0/s1. The molecule has 1 aromatic heterocycles. The number of hydrogen-bond acceptors (Lipinski definition) is 3. The van der Waals surface area contributed by atoms with Gasteiger partial charge in [0, 0.05) is 5.38 Å².